The molecule has 178 valence electrons. The minimum atomic E-state index is 0.237. The summed E-state index contributed by atoms with van der Waals surface area (Å²) in [5, 5.41) is 6.04. The van der Waals surface area contributed by atoms with Crippen LogP contribution >= 0.6 is 11.6 Å². The van der Waals surface area contributed by atoms with E-state index in [0.29, 0.717) is 28.5 Å². The lowest BCUT2D eigenvalue weighted by Crippen LogP contribution is -2.32. The van der Waals surface area contributed by atoms with E-state index >= 15 is 0 Å². The number of nitrogen functional groups attached to an aromatic ring is 1. The molecule has 10 nitrogen and oxygen atoms in total. The lowest BCUT2D eigenvalue weighted by Gasteiger charge is -2.22. The Balaban J connectivity index is 1.20. The van der Waals surface area contributed by atoms with E-state index in [2.05, 4.69) is 60.0 Å². The fraction of sp³-hybridized carbons (Fsp3) is 0.292. The Morgan fingerprint density at radius 1 is 1.03 bits per heavy atom. The van der Waals surface area contributed by atoms with Crippen molar-refractivity contribution >= 4 is 40.2 Å². The molecule has 6 rings (SSSR count). The maximum absolute atomic E-state index is 6.54. The summed E-state index contributed by atoms with van der Waals surface area (Å²) in [5.74, 6) is 2.16. The van der Waals surface area contributed by atoms with Crippen molar-refractivity contribution in [2.24, 2.45) is 0 Å². The van der Waals surface area contributed by atoms with E-state index in [0.717, 1.165) is 55.6 Å². The molecule has 0 spiro atoms. The number of furan rings is 1. The predicted molar refractivity (Wildman–Crippen MR) is 134 cm³/mol. The first-order chi connectivity index (χ1) is 17.0. The van der Waals surface area contributed by atoms with Crippen LogP contribution in [0.25, 0.3) is 28.3 Å². The van der Waals surface area contributed by atoms with Gasteiger partial charge in [-0.2, -0.15) is 19.5 Å². The van der Waals surface area contributed by atoms with Gasteiger partial charge in [0.05, 0.1) is 11.8 Å². The number of fused-ring (bicyclic) bond motifs is 2. The molecular formula is C24H24ClN9O. The van der Waals surface area contributed by atoms with Crippen LogP contribution in [0, 0.1) is 6.92 Å². The number of benzene rings is 1. The smallest absolute Gasteiger partial charge is 0.259 e. The summed E-state index contributed by atoms with van der Waals surface area (Å²) in [6.45, 7) is 6.16. The molecule has 0 saturated carbocycles. The molecule has 5 aromatic rings. The normalized spacial score (nSPS) is 15.2. The van der Waals surface area contributed by atoms with Crippen molar-refractivity contribution in [2.45, 2.75) is 19.9 Å². The molecule has 5 heterocycles. The van der Waals surface area contributed by atoms with E-state index < -0.39 is 0 Å². The molecule has 1 aliphatic rings. The molecule has 0 atom stereocenters. The first-order valence-corrected chi connectivity index (χ1v) is 11.9. The van der Waals surface area contributed by atoms with Crippen molar-refractivity contribution in [3.8, 4) is 11.6 Å². The van der Waals surface area contributed by atoms with Crippen LogP contribution < -0.4 is 10.6 Å². The number of anilines is 2. The highest BCUT2D eigenvalue weighted by Crippen LogP contribution is 2.24. The van der Waals surface area contributed by atoms with Crippen molar-refractivity contribution in [1.82, 2.24) is 34.4 Å². The molecule has 2 N–H and O–H groups in total. The van der Waals surface area contributed by atoms with Crippen molar-refractivity contribution < 1.29 is 4.42 Å². The molecule has 35 heavy (non-hydrogen) atoms. The van der Waals surface area contributed by atoms with Crippen molar-refractivity contribution in [3.05, 3.63) is 58.9 Å². The highest BCUT2D eigenvalue weighted by molar-refractivity contribution is 6.30. The molecule has 1 fully saturated rings. The summed E-state index contributed by atoms with van der Waals surface area (Å²) in [7, 11) is 0. The third kappa shape index (κ3) is 4.26. The van der Waals surface area contributed by atoms with Crippen LogP contribution in [-0.2, 0) is 6.54 Å². The zero-order valence-electron chi connectivity index (χ0n) is 19.2. The number of aromatic nitrogens is 6. The number of nitrogens with zero attached hydrogens (tertiary/aromatic N) is 8. The Morgan fingerprint density at radius 2 is 1.94 bits per heavy atom. The maximum Gasteiger partial charge on any atom is 0.259 e. The molecule has 0 amide bonds. The van der Waals surface area contributed by atoms with Gasteiger partial charge in [-0.3, -0.25) is 4.90 Å². The topological polar surface area (TPSA) is 114 Å². The van der Waals surface area contributed by atoms with Crippen LogP contribution in [0.4, 0.5) is 11.9 Å². The highest BCUT2D eigenvalue weighted by Gasteiger charge is 2.21. The number of halogens is 1. The van der Waals surface area contributed by atoms with Crippen LogP contribution in [-0.4, -0.2) is 60.6 Å². The van der Waals surface area contributed by atoms with Gasteiger partial charge in [-0.05, 0) is 43.7 Å². The van der Waals surface area contributed by atoms with Crippen molar-refractivity contribution in [3.63, 3.8) is 0 Å². The molecule has 0 unspecified atom stereocenters. The number of hydrogen-bond acceptors (Lipinski definition) is 9. The quantitative estimate of drug-likeness (QED) is 0.378. The van der Waals surface area contributed by atoms with Crippen LogP contribution in [0.3, 0.4) is 0 Å². The Hall–Kier alpha value is -3.76. The van der Waals surface area contributed by atoms with Gasteiger partial charge in [0.15, 0.2) is 5.76 Å². The number of pyridine rings is 1. The molecule has 11 heteroatoms. The van der Waals surface area contributed by atoms with Gasteiger partial charge in [0.1, 0.15) is 5.15 Å². The Labute approximate surface area is 206 Å². The van der Waals surface area contributed by atoms with Gasteiger partial charge in [0.25, 0.3) is 5.78 Å². The molecule has 0 aliphatic carbocycles. The molecule has 1 aliphatic heterocycles. The molecule has 0 bridgehead atoms. The van der Waals surface area contributed by atoms with E-state index in [9.17, 15) is 0 Å². The molecule has 1 saturated heterocycles. The first kappa shape index (κ1) is 21.8. The van der Waals surface area contributed by atoms with Crippen molar-refractivity contribution in [1.29, 1.82) is 0 Å². The Kier molecular flexibility index (Phi) is 5.46. The third-order valence-corrected chi connectivity index (χ3v) is 6.55. The van der Waals surface area contributed by atoms with Gasteiger partial charge in [-0.15, -0.1) is 5.10 Å². The average Bonchev–Trinajstić information content (AvgIpc) is 3.46. The number of rotatable bonds is 4. The second-order valence-electron chi connectivity index (χ2n) is 8.76. The molecule has 1 aromatic carbocycles. The fourth-order valence-corrected chi connectivity index (χ4v) is 4.65. The van der Waals surface area contributed by atoms with E-state index in [4.69, 9.17) is 21.8 Å². The van der Waals surface area contributed by atoms with Gasteiger partial charge in [-0.1, -0.05) is 23.2 Å². The molecule has 4 aromatic heterocycles. The Morgan fingerprint density at radius 3 is 2.80 bits per heavy atom. The zero-order valence-corrected chi connectivity index (χ0v) is 20.0. The Bertz CT molecular complexity index is 1520. The standard InChI is InChI=1S/C24H24ClN9O/c1-15-5-6-18-16(12-15)13-17(20(25)27-18)14-32-7-3-8-33(10-9-32)23-29-22(26)34-24(30-23)28-21(31-34)19-4-2-11-35-19/h2,4-6,11-13H,3,7-10,14H2,1H3,(H2,26,28,29,30,31). The van der Waals surface area contributed by atoms with Crippen LogP contribution in [0.1, 0.15) is 17.5 Å². The largest absolute Gasteiger partial charge is 0.461 e. The second-order valence-corrected chi connectivity index (χ2v) is 9.12. The summed E-state index contributed by atoms with van der Waals surface area (Å²) in [5.41, 5.74) is 9.35. The lowest BCUT2D eigenvalue weighted by atomic mass is 10.1. The molecular weight excluding hydrogens is 466 g/mol. The van der Waals surface area contributed by atoms with Gasteiger partial charge < -0.3 is 15.1 Å². The average molecular weight is 490 g/mol. The van der Waals surface area contributed by atoms with Crippen molar-refractivity contribution in [2.75, 3.05) is 36.8 Å². The maximum atomic E-state index is 6.54. The third-order valence-electron chi connectivity index (χ3n) is 6.22. The van der Waals surface area contributed by atoms with E-state index in [1.807, 2.05) is 6.07 Å². The monoisotopic (exact) mass is 489 g/mol. The summed E-state index contributed by atoms with van der Waals surface area (Å²) >= 11 is 6.54. The number of aryl methyl sites for hydroxylation is 1. The SMILES string of the molecule is Cc1ccc2nc(Cl)c(CN3CCCN(c4nc(N)n5nc(-c6ccco6)nc5n4)CC3)cc2c1. The summed E-state index contributed by atoms with van der Waals surface area (Å²) in [6, 6.07) is 11.9. The minimum Gasteiger partial charge on any atom is -0.461 e. The fourth-order valence-electron chi connectivity index (χ4n) is 4.44. The molecule has 0 radical (unpaired) electrons. The first-order valence-electron chi connectivity index (χ1n) is 11.5. The van der Waals surface area contributed by atoms with Gasteiger partial charge in [0, 0.05) is 43.7 Å². The van der Waals surface area contributed by atoms with E-state index in [1.165, 1.54) is 10.1 Å². The van der Waals surface area contributed by atoms with Gasteiger partial charge in [0.2, 0.25) is 17.7 Å². The van der Waals surface area contributed by atoms with Gasteiger partial charge in [-0.25, -0.2) is 4.98 Å². The minimum absolute atomic E-state index is 0.237. The second kappa shape index (κ2) is 8.79. The van der Waals surface area contributed by atoms with Crippen LogP contribution in [0.2, 0.25) is 5.15 Å². The van der Waals surface area contributed by atoms with Crippen LogP contribution in [0.5, 0.6) is 0 Å². The lowest BCUT2D eigenvalue weighted by molar-refractivity contribution is 0.285. The summed E-state index contributed by atoms with van der Waals surface area (Å²) in [4.78, 5) is 22.7. The number of hydrogen-bond donors (Lipinski definition) is 1. The predicted octanol–water partition coefficient (Wildman–Crippen LogP) is 3.58. The summed E-state index contributed by atoms with van der Waals surface area (Å²) < 4.78 is 6.83. The highest BCUT2D eigenvalue weighted by atomic mass is 35.5. The van der Waals surface area contributed by atoms with E-state index in [-0.39, 0.29) is 5.95 Å². The van der Waals surface area contributed by atoms with E-state index in [1.54, 1.807) is 18.4 Å². The zero-order chi connectivity index (χ0) is 23.9. The van der Waals surface area contributed by atoms with Crippen LogP contribution in [0.15, 0.2) is 47.1 Å². The number of nitrogens with two attached hydrogens (primary N) is 1. The van der Waals surface area contributed by atoms with Gasteiger partial charge >= 0.3 is 0 Å². The summed E-state index contributed by atoms with van der Waals surface area (Å²) in [6.07, 6.45) is 2.53.